The molecule has 3 rings (SSSR count). The topological polar surface area (TPSA) is 52.8 Å². The largest absolute Gasteiger partial charge is 0.381 e. The third-order valence-electron chi connectivity index (χ3n) is 3.86. The molecule has 118 valence electrons. The molecule has 1 aromatic heterocycles. The highest BCUT2D eigenvalue weighted by atomic mass is 35.5. The fourth-order valence-corrected chi connectivity index (χ4v) is 3.83. The van der Waals surface area contributed by atoms with Crippen molar-refractivity contribution in [3.63, 3.8) is 0 Å². The first-order chi connectivity index (χ1) is 10.8. The van der Waals surface area contributed by atoms with Crippen molar-refractivity contribution < 1.29 is 4.74 Å². The molecule has 2 heterocycles. The second-order valence-electron chi connectivity index (χ2n) is 5.32. The van der Waals surface area contributed by atoms with Crippen LogP contribution in [0.3, 0.4) is 0 Å². The number of thioether (sulfide) groups is 1. The Morgan fingerprint density at radius 3 is 2.73 bits per heavy atom. The molecule has 0 bridgehead atoms. The van der Waals surface area contributed by atoms with Crippen LogP contribution < -0.4 is 0 Å². The molecular weight excluding hydrogens is 320 g/mol. The van der Waals surface area contributed by atoms with Gasteiger partial charge in [-0.15, -0.1) is 5.10 Å². The van der Waals surface area contributed by atoms with Gasteiger partial charge in [-0.25, -0.2) is 4.68 Å². The van der Waals surface area contributed by atoms with E-state index in [1.165, 1.54) is 5.56 Å². The van der Waals surface area contributed by atoms with Gasteiger partial charge >= 0.3 is 0 Å². The van der Waals surface area contributed by atoms with Crippen molar-refractivity contribution in [3.8, 4) is 0 Å². The van der Waals surface area contributed by atoms with Crippen molar-refractivity contribution in [1.29, 1.82) is 0 Å². The maximum atomic E-state index is 5.97. The number of tetrazole rings is 1. The van der Waals surface area contributed by atoms with E-state index in [1.807, 2.05) is 16.8 Å². The van der Waals surface area contributed by atoms with Crippen LogP contribution in [0.2, 0.25) is 5.02 Å². The van der Waals surface area contributed by atoms with E-state index in [1.54, 1.807) is 11.8 Å². The van der Waals surface area contributed by atoms with Crippen molar-refractivity contribution in [2.45, 2.75) is 42.6 Å². The molecule has 0 N–H and O–H groups in total. The zero-order valence-corrected chi connectivity index (χ0v) is 14.1. The minimum atomic E-state index is 0.321. The van der Waals surface area contributed by atoms with Gasteiger partial charge in [-0.3, -0.25) is 0 Å². The normalized spacial score (nSPS) is 17.5. The number of nitrogens with zero attached hydrogens (tertiary/aromatic N) is 4. The minimum absolute atomic E-state index is 0.321. The molecule has 1 fully saturated rings. The molecule has 0 saturated carbocycles. The third-order valence-corrected chi connectivity index (χ3v) is 5.48. The zero-order valence-electron chi connectivity index (χ0n) is 12.5. The Bertz CT molecular complexity index is 598. The van der Waals surface area contributed by atoms with E-state index in [0.717, 1.165) is 42.7 Å². The van der Waals surface area contributed by atoms with Crippen LogP contribution in [0.5, 0.6) is 0 Å². The van der Waals surface area contributed by atoms with E-state index in [2.05, 4.69) is 34.6 Å². The molecule has 7 heteroatoms. The maximum absolute atomic E-state index is 5.97. The van der Waals surface area contributed by atoms with Crippen LogP contribution >= 0.6 is 23.4 Å². The van der Waals surface area contributed by atoms with Crippen LogP contribution in [0.15, 0.2) is 29.4 Å². The molecule has 1 aliphatic heterocycles. The molecule has 1 saturated heterocycles. The highest BCUT2D eigenvalue weighted by Gasteiger charge is 2.23. The number of benzene rings is 1. The molecule has 1 aromatic carbocycles. The molecule has 0 spiro atoms. The Morgan fingerprint density at radius 1 is 1.32 bits per heavy atom. The van der Waals surface area contributed by atoms with Gasteiger partial charge in [0.25, 0.3) is 0 Å². The second-order valence-corrected chi connectivity index (χ2v) is 6.92. The predicted octanol–water partition coefficient (Wildman–Crippen LogP) is 3.92. The van der Waals surface area contributed by atoms with Crippen molar-refractivity contribution in [2.24, 2.45) is 0 Å². The van der Waals surface area contributed by atoms with Crippen molar-refractivity contribution >= 4 is 23.4 Å². The molecule has 1 aliphatic rings. The Kier molecular flexibility index (Phi) is 5.33. The first kappa shape index (κ1) is 15.8. The van der Waals surface area contributed by atoms with E-state index in [0.29, 0.717) is 11.3 Å². The van der Waals surface area contributed by atoms with Crippen LogP contribution in [0.4, 0.5) is 0 Å². The molecule has 1 unspecified atom stereocenters. The number of ether oxygens (including phenoxy) is 1. The van der Waals surface area contributed by atoms with Gasteiger partial charge in [-0.1, -0.05) is 42.4 Å². The Balaban J connectivity index is 1.76. The third kappa shape index (κ3) is 3.62. The summed E-state index contributed by atoms with van der Waals surface area (Å²) in [7, 11) is 0. The summed E-state index contributed by atoms with van der Waals surface area (Å²) in [5, 5.41) is 14.2. The van der Waals surface area contributed by atoms with E-state index in [4.69, 9.17) is 16.3 Å². The lowest BCUT2D eigenvalue weighted by atomic mass is 10.1. The van der Waals surface area contributed by atoms with Crippen LogP contribution in [-0.4, -0.2) is 33.4 Å². The average molecular weight is 339 g/mol. The maximum Gasteiger partial charge on any atom is 0.210 e. The highest BCUT2D eigenvalue weighted by molar-refractivity contribution is 7.99. The zero-order chi connectivity index (χ0) is 15.4. The smallest absolute Gasteiger partial charge is 0.210 e. The first-order valence-corrected chi connectivity index (χ1v) is 8.81. The number of halogens is 1. The summed E-state index contributed by atoms with van der Waals surface area (Å²) in [6.07, 6.45) is 2.94. The number of aromatic nitrogens is 4. The Hall–Kier alpha value is -1.11. The van der Waals surface area contributed by atoms with E-state index in [-0.39, 0.29) is 0 Å². The van der Waals surface area contributed by atoms with E-state index in [9.17, 15) is 0 Å². The average Bonchev–Trinajstić information content (AvgIpc) is 3.02. The lowest BCUT2D eigenvalue weighted by Gasteiger charge is -2.23. The van der Waals surface area contributed by atoms with Crippen LogP contribution in [0, 0.1) is 0 Å². The van der Waals surface area contributed by atoms with Gasteiger partial charge in [-0.05, 0) is 47.4 Å². The van der Waals surface area contributed by atoms with Crippen molar-refractivity contribution in [3.05, 3.63) is 34.9 Å². The van der Waals surface area contributed by atoms with Gasteiger partial charge in [0.15, 0.2) is 0 Å². The summed E-state index contributed by atoms with van der Waals surface area (Å²) in [6.45, 7) is 3.74. The molecule has 5 nitrogen and oxygen atoms in total. The highest BCUT2D eigenvalue weighted by Crippen LogP contribution is 2.38. The second kappa shape index (κ2) is 7.44. The van der Waals surface area contributed by atoms with E-state index < -0.39 is 0 Å². The van der Waals surface area contributed by atoms with Crippen molar-refractivity contribution in [1.82, 2.24) is 20.2 Å². The monoisotopic (exact) mass is 338 g/mol. The molecule has 0 radical (unpaired) electrons. The quantitative estimate of drug-likeness (QED) is 0.773. The standard InChI is InChI=1S/C15H19ClN4OS/c1-2-14(11-3-5-12(16)6-4-11)22-15-17-18-19-20(15)13-7-9-21-10-8-13/h3-6,13-14H,2,7-10H2,1H3. The number of hydrogen-bond acceptors (Lipinski definition) is 5. The number of rotatable bonds is 5. The molecule has 0 amide bonds. The molecule has 22 heavy (non-hydrogen) atoms. The van der Waals surface area contributed by atoms with Gasteiger partial charge < -0.3 is 4.74 Å². The fraction of sp³-hybridized carbons (Fsp3) is 0.533. The summed E-state index contributed by atoms with van der Waals surface area (Å²) in [4.78, 5) is 0. The molecule has 1 atom stereocenters. The minimum Gasteiger partial charge on any atom is -0.381 e. The van der Waals surface area contributed by atoms with Gasteiger partial charge in [0.05, 0.1) is 6.04 Å². The number of hydrogen-bond donors (Lipinski definition) is 0. The van der Waals surface area contributed by atoms with Gasteiger partial charge in [0, 0.05) is 23.5 Å². The Morgan fingerprint density at radius 2 is 2.05 bits per heavy atom. The lowest BCUT2D eigenvalue weighted by molar-refractivity contribution is 0.0631. The summed E-state index contributed by atoms with van der Waals surface area (Å²) >= 11 is 7.69. The fourth-order valence-electron chi connectivity index (χ4n) is 2.61. The molecule has 2 aromatic rings. The van der Waals surface area contributed by atoms with Crippen molar-refractivity contribution in [2.75, 3.05) is 13.2 Å². The van der Waals surface area contributed by atoms with Gasteiger partial charge in [0.1, 0.15) is 0 Å². The van der Waals surface area contributed by atoms with Gasteiger partial charge in [0.2, 0.25) is 5.16 Å². The van der Waals surface area contributed by atoms with Crippen LogP contribution in [0.25, 0.3) is 0 Å². The van der Waals surface area contributed by atoms with Gasteiger partial charge in [-0.2, -0.15) is 0 Å². The SMILES string of the molecule is CCC(Sc1nnnn1C1CCOCC1)c1ccc(Cl)cc1. The van der Waals surface area contributed by atoms with Crippen LogP contribution in [0.1, 0.15) is 43.0 Å². The van der Waals surface area contributed by atoms with E-state index >= 15 is 0 Å². The molecular formula is C15H19ClN4OS. The summed E-state index contributed by atoms with van der Waals surface area (Å²) in [5.41, 5.74) is 1.25. The lowest BCUT2D eigenvalue weighted by Crippen LogP contribution is -2.21. The first-order valence-electron chi connectivity index (χ1n) is 7.55. The molecule has 0 aliphatic carbocycles. The predicted molar refractivity (Wildman–Crippen MR) is 87.2 cm³/mol. The summed E-state index contributed by atoms with van der Waals surface area (Å²) in [5.74, 6) is 0. The van der Waals surface area contributed by atoms with Crippen LogP contribution in [-0.2, 0) is 4.74 Å². The Labute approximate surface area is 139 Å². The summed E-state index contributed by atoms with van der Waals surface area (Å²) in [6, 6.07) is 8.36. The summed E-state index contributed by atoms with van der Waals surface area (Å²) < 4.78 is 7.38.